The number of ether oxygens (including phenoxy) is 2. The summed E-state index contributed by atoms with van der Waals surface area (Å²) < 4.78 is 13.9. The summed E-state index contributed by atoms with van der Waals surface area (Å²) >= 11 is 0. The second-order valence-electron chi connectivity index (χ2n) is 13.4. The number of hydrogen-bond donors (Lipinski definition) is 2. The number of ketones is 1. The maximum atomic E-state index is 13.5. The van der Waals surface area contributed by atoms with E-state index in [0.29, 0.717) is 42.9 Å². The van der Waals surface area contributed by atoms with E-state index in [2.05, 4.69) is 78.3 Å². The summed E-state index contributed by atoms with van der Waals surface area (Å²) in [5.74, 6) is 1.07. The average Bonchev–Trinajstić information content (AvgIpc) is 3.35. The number of nitrogens with one attached hydrogen (secondary N) is 2. The van der Waals surface area contributed by atoms with Gasteiger partial charge in [0.25, 0.3) is 0 Å². The van der Waals surface area contributed by atoms with Crippen molar-refractivity contribution >= 4 is 48.0 Å². The molecule has 0 saturated carbocycles. The second-order valence-corrected chi connectivity index (χ2v) is 19.0. The fraction of sp³-hybridized carbons (Fsp3) is 0.594. The number of nitrogens with zero attached hydrogens (tertiary/aromatic N) is 5. The molecule has 4 heterocycles. The molecule has 2 saturated heterocycles. The second kappa shape index (κ2) is 13.3. The largest absolute Gasteiger partial charge is 0.381 e. The third-order valence-electron chi connectivity index (χ3n) is 8.74. The summed E-state index contributed by atoms with van der Waals surface area (Å²) in [6, 6.07) is 8.68. The van der Waals surface area contributed by atoms with Crippen LogP contribution in [0.1, 0.15) is 44.0 Å². The number of aromatic nitrogens is 3. The Morgan fingerprint density at radius 3 is 2.35 bits per heavy atom. The van der Waals surface area contributed by atoms with Crippen LogP contribution in [0.15, 0.2) is 30.5 Å². The van der Waals surface area contributed by atoms with E-state index in [-0.39, 0.29) is 23.5 Å². The Morgan fingerprint density at radius 1 is 1.05 bits per heavy atom. The van der Waals surface area contributed by atoms with E-state index in [4.69, 9.17) is 19.4 Å². The lowest BCUT2D eigenvalue weighted by atomic mass is 10.0. The molecule has 0 radical (unpaired) electrons. The molecule has 1 aromatic carbocycles. The van der Waals surface area contributed by atoms with Gasteiger partial charge in [0, 0.05) is 80.2 Å². The van der Waals surface area contributed by atoms with Crippen molar-refractivity contribution in [2.75, 3.05) is 62.0 Å². The van der Waals surface area contributed by atoms with Crippen molar-refractivity contribution in [2.24, 2.45) is 5.92 Å². The van der Waals surface area contributed by atoms with Gasteiger partial charge in [0.05, 0.1) is 13.5 Å². The molecule has 2 N–H and O–H groups in total. The Labute approximate surface area is 257 Å². The summed E-state index contributed by atoms with van der Waals surface area (Å²) in [6.45, 7) is 18.8. The lowest BCUT2D eigenvalue weighted by Crippen LogP contribution is -2.44. The van der Waals surface area contributed by atoms with E-state index in [1.165, 1.54) is 5.69 Å². The van der Waals surface area contributed by atoms with Crippen LogP contribution in [0.3, 0.4) is 0 Å². The van der Waals surface area contributed by atoms with Gasteiger partial charge in [-0.15, -0.1) is 0 Å². The number of piperazine rings is 1. The van der Waals surface area contributed by atoms with Crippen LogP contribution in [0.2, 0.25) is 19.6 Å². The van der Waals surface area contributed by atoms with Gasteiger partial charge in [-0.2, -0.15) is 9.97 Å². The highest BCUT2D eigenvalue weighted by Gasteiger charge is 2.27. The minimum Gasteiger partial charge on any atom is -0.381 e. The molecule has 11 heteroatoms. The van der Waals surface area contributed by atoms with E-state index < -0.39 is 8.07 Å². The first-order valence-electron chi connectivity index (χ1n) is 15.7. The molecule has 1 atom stereocenters. The highest BCUT2D eigenvalue weighted by Crippen LogP contribution is 2.32. The van der Waals surface area contributed by atoms with Gasteiger partial charge in [-0.25, -0.2) is 0 Å². The molecule has 234 valence electrons. The zero-order valence-electron chi connectivity index (χ0n) is 26.9. The molecule has 2 fully saturated rings. The Morgan fingerprint density at radius 2 is 1.72 bits per heavy atom. The monoisotopic (exact) mass is 607 g/mol. The third kappa shape index (κ3) is 7.57. The SMILES string of the molecule is CC(C)C(=O)c1cn(COC(C)[Si](C)(C)C)c2nc(Nc3ccc(N4CCN(C)CC4)cc3)nc(NC3CCOCC3)c12. The highest BCUT2D eigenvalue weighted by molar-refractivity contribution is 6.77. The first kappa shape index (κ1) is 31.4. The van der Waals surface area contributed by atoms with Gasteiger partial charge >= 0.3 is 0 Å². The topological polar surface area (TPSA) is 96.8 Å². The van der Waals surface area contributed by atoms with Crippen LogP contribution in [0.4, 0.5) is 23.1 Å². The van der Waals surface area contributed by atoms with Crippen LogP contribution in [0.5, 0.6) is 0 Å². The van der Waals surface area contributed by atoms with E-state index in [9.17, 15) is 4.79 Å². The predicted octanol–water partition coefficient (Wildman–Crippen LogP) is 5.60. The number of benzene rings is 1. The Bertz CT molecular complexity index is 1390. The van der Waals surface area contributed by atoms with Crippen molar-refractivity contribution in [1.82, 2.24) is 19.4 Å². The Hall–Kier alpha value is -2.99. The number of likely N-dealkylation sites (N-methyl/N-ethyl adjacent to an activating group) is 1. The first-order valence-corrected chi connectivity index (χ1v) is 19.3. The molecule has 43 heavy (non-hydrogen) atoms. The van der Waals surface area contributed by atoms with E-state index in [1.54, 1.807) is 0 Å². The number of carbonyl (C=O) groups is 1. The molecule has 3 aromatic rings. The minimum atomic E-state index is -1.52. The third-order valence-corrected chi connectivity index (χ3v) is 11.3. The highest BCUT2D eigenvalue weighted by atomic mass is 28.3. The van der Waals surface area contributed by atoms with Crippen molar-refractivity contribution in [3.8, 4) is 0 Å². The lowest BCUT2D eigenvalue weighted by Gasteiger charge is -2.34. The first-order chi connectivity index (χ1) is 20.5. The quantitative estimate of drug-likeness (QED) is 0.213. The van der Waals surface area contributed by atoms with Crippen molar-refractivity contribution < 1.29 is 14.3 Å². The van der Waals surface area contributed by atoms with Gasteiger partial charge in [-0.05, 0) is 51.1 Å². The summed E-state index contributed by atoms with van der Waals surface area (Å²) in [4.78, 5) is 28.2. The van der Waals surface area contributed by atoms with Gasteiger partial charge in [-0.3, -0.25) is 4.79 Å². The Balaban J connectivity index is 1.51. The fourth-order valence-electron chi connectivity index (χ4n) is 5.37. The van der Waals surface area contributed by atoms with Gasteiger partial charge in [0.2, 0.25) is 5.95 Å². The fourth-order valence-corrected chi connectivity index (χ4v) is 5.94. The van der Waals surface area contributed by atoms with Crippen LogP contribution in [-0.4, -0.2) is 91.5 Å². The number of rotatable bonds is 11. The summed E-state index contributed by atoms with van der Waals surface area (Å²) in [6.07, 6.45) is 3.67. The molecule has 2 aliphatic heterocycles. The standard InChI is InChI=1S/C32H49N7O3Si/c1-22(2)29(40)27-20-39(21-42-23(3)43(5,6)7)31-28(27)30(33-25-12-18-41-19-13-25)35-32(36-31)34-24-8-10-26(11-9-24)38-16-14-37(4)15-17-38/h8-11,20,22-23,25H,12-19,21H2,1-7H3,(H2,33,34,35,36). The lowest BCUT2D eigenvalue weighted by molar-refractivity contribution is 0.0588. The molecule has 0 bridgehead atoms. The van der Waals surface area contributed by atoms with E-state index in [1.807, 2.05) is 24.6 Å². The van der Waals surface area contributed by atoms with Crippen molar-refractivity contribution in [3.63, 3.8) is 0 Å². The molecular formula is C32H49N7O3Si. The molecule has 1 unspecified atom stereocenters. The Kier molecular flexibility index (Phi) is 9.75. The van der Waals surface area contributed by atoms with Crippen LogP contribution in [0, 0.1) is 5.92 Å². The van der Waals surface area contributed by atoms with Crippen molar-refractivity contribution in [3.05, 3.63) is 36.0 Å². The molecule has 0 amide bonds. The zero-order chi connectivity index (χ0) is 30.7. The van der Waals surface area contributed by atoms with Gasteiger partial charge in [0.15, 0.2) is 5.78 Å². The van der Waals surface area contributed by atoms with Gasteiger partial charge < -0.3 is 34.5 Å². The van der Waals surface area contributed by atoms with E-state index >= 15 is 0 Å². The molecular weight excluding hydrogens is 558 g/mol. The van der Waals surface area contributed by atoms with Crippen LogP contribution in [-0.2, 0) is 16.2 Å². The minimum absolute atomic E-state index is 0.0702. The number of Topliss-reactive ketones (excluding diaryl/α,β-unsaturated/α-hetero) is 1. The predicted molar refractivity (Wildman–Crippen MR) is 177 cm³/mol. The van der Waals surface area contributed by atoms with E-state index in [0.717, 1.165) is 50.1 Å². The molecule has 2 aliphatic rings. The number of carbonyl (C=O) groups excluding carboxylic acids is 1. The molecule has 0 spiro atoms. The van der Waals surface area contributed by atoms with Crippen molar-refractivity contribution in [1.29, 1.82) is 0 Å². The number of fused-ring (bicyclic) bond motifs is 1. The maximum absolute atomic E-state index is 13.5. The van der Waals surface area contributed by atoms with Gasteiger partial charge in [0.1, 0.15) is 18.2 Å². The summed E-state index contributed by atoms with van der Waals surface area (Å²) in [5, 5.41) is 7.86. The zero-order valence-corrected chi connectivity index (χ0v) is 27.9. The summed E-state index contributed by atoms with van der Waals surface area (Å²) in [7, 11) is 0.655. The van der Waals surface area contributed by atoms with Crippen LogP contribution < -0.4 is 15.5 Å². The molecule has 5 rings (SSSR count). The normalized spacial score (nSPS) is 17.9. The molecule has 0 aliphatic carbocycles. The van der Waals surface area contributed by atoms with Crippen LogP contribution in [0.25, 0.3) is 11.0 Å². The number of anilines is 4. The summed E-state index contributed by atoms with van der Waals surface area (Å²) in [5.41, 5.74) is 3.60. The maximum Gasteiger partial charge on any atom is 0.231 e. The smallest absolute Gasteiger partial charge is 0.231 e. The number of hydrogen-bond acceptors (Lipinski definition) is 9. The van der Waals surface area contributed by atoms with Gasteiger partial charge in [-0.1, -0.05) is 33.5 Å². The molecule has 2 aromatic heterocycles. The van der Waals surface area contributed by atoms with Crippen LogP contribution >= 0.6 is 0 Å². The average molecular weight is 608 g/mol. The van der Waals surface area contributed by atoms with Crippen molar-refractivity contribution in [2.45, 2.75) is 71.8 Å². The molecule has 10 nitrogen and oxygen atoms in total.